The van der Waals surface area contributed by atoms with E-state index in [1.54, 1.807) is 0 Å². The van der Waals surface area contributed by atoms with Crippen molar-refractivity contribution in [1.29, 1.82) is 0 Å². The molecule has 0 aromatic heterocycles. The summed E-state index contributed by atoms with van der Waals surface area (Å²) in [6.07, 6.45) is -9.06. The standard InChI is InChI=1S/2C6H8O8.3Mg/c2*7-2(8)1-6(14,5(12)13)3(9)4(10)11;;;/h2*3,9,14H,1H2,(H,7,8)(H,10,11)(H,12,13);;;/q;;3*+2/p-6. The minimum absolute atomic E-state index is 0. The van der Waals surface area contributed by atoms with E-state index in [2.05, 4.69) is 0 Å². The van der Waals surface area contributed by atoms with Crippen LogP contribution in [0, 0.1) is 0 Å². The minimum atomic E-state index is -3.46. The predicted molar refractivity (Wildman–Crippen MR) is 78.5 cm³/mol. The van der Waals surface area contributed by atoms with Crippen LogP contribution in [-0.4, -0.2) is 149 Å². The Bertz CT molecular complexity index is 612. The van der Waals surface area contributed by atoms with Crippen molar-refractivity contribution in [3.05, 3.63) is 0 Å². The third kappa shape index (κ3) is 12.5. The Labute approximate surface area is 219 Å². The molecule has 0 amide bonds. The van der Waals surface area contributed by atoms with Crippen molar-refractivity contribution >= 4 is 105 Å². The van der Waals surface area contributed by atoms with Crippen molar-refractivity contribution in [2.45, 2.75) is 36.3 Å². The first-order valence-corrected chi connectivity index (χ1v) is 6.48. The van der Waals surface area contributed by atoms with Gasteiger partial charge in [0.25, 0.3) is 0 Å². The number of hydrogen-bond acceptors (Lipinski definition) is 16. The first kappa shape index (κ1) is 40.3. The normalized spacial score (nSPS) is 15.1. The molecular formula is C12H10Mg3O16. The number of aliphatic carboxylic acids is 6. The predicted octanol–water partition coefficient (Wildman–Crippen LogP) is -13.7. The van der Waals surface area contributed by atoms with Crippen molar-refractivity contribution in [3.63, 3.8) is 0 Å². The molecule has 19 heteroatoms. The van der Waals surface area contributed by atoms with Gasteiger partial charge in [-0.05, 0) is 0 Å². The van der Waals surface area contributed by atoms with Crippen molar-refractivity contribution < 1.29 is 79.8 Å². The monoisotopic (exact) mass is 482 g/mol. The maximum atomic E-state index is 10.2. The third-order valence-corrected chi connectivity index (χ3v) is 2.89. The Kier molecular flexibility index (Phi) is 21.6. The van der Waals surface area contributed by atoms with Crippen molar-refractivity contribution in [3.8, 4) is 0 Å². The molecule has 0 saturated heterocycles. The van der Waals surface area contributed by atoms with Crippen LogP contribution in [-0.2, 0) is 28.8 Å². The van der Waals surface area contributed by atoms with Crippen LogP contribution in [0.15, 0.2) is 0 Å². The number of hydrogen-bond donors (Lipinski definition) is 4. The fourth-order valence-corrected chi connectivity index (χ4v) is 1.39. The second-order valence-corrected chi connectivity index (χ2v) is 4.96. The quantitative estimate of drug-likeness (QED) is 0.209. The molecule has 0 aromatic carbocycles. The first-order chi connectivity index (χ1) is 12.4. The van der Waals surface area contributed by atoms with E-state index < -0.39 is 72.1 Å². The summed E-state index contributed by atoms with van der Waals surface area (Å²) in [6.45, 7) is 0. The fraction of sp³-hybridized carbons (Fsp3) is 0.500. The number of carboxylic acids is 6. The van der Waals surface area contributed by atoms with Gasteiger partial charge in [-0.15, -0.1) is 0 Å². The van der Waals surface area contributed by atoms with E-state index in [0.717, 1.165) is 0 Å². The van der Waals surface area contributed by atoms with Gasteiger partial charge in [-0.25, -0.2) is 0 Å². The van der Waals surface area contributed by atoms with E-state index in [9.17, 15) is 59.4 Å². The summed E-state index contributed by atoms with van der Waals surface area (Å²) in [7, 11) is 0. The maximum Gasteiger partial charge on any atom is 2.00 e. The average Bonchev–Trinajstić information content (AvgIpc) is 2.51. The van der Waals surface area contributed by atoms with Crippen molar-refractivity contribution in [2.75, 3.05) is 0 Å². The van der Waals surface area contributed by atoms with Gasteiger partial charge in [-0.2, -0.15) is 0 Å². The van der Waals surface area contributed by atoms with E-state index in [0.29, 0.717) is 0 Å². The van der Waals surface area contributed by atoms with Gasteiger partial charge in [0.1, 0.15) is 23.4 Å². The molecule has 0 saturated carbocycles. The van der Waals surface area contributed by atoms with E-state index in [4.69, 9.17) is 20.4 Å². The van der Waals surface area contributed by atoms with Crippen LogP contribution >= 0.6 is 0 Å². The Balaban J connectivity index is -0.000000133. The van der Waals surface area contributed by atoms with Gasteiger partial charge < -0.3 is 79.8 Å². The molecule has 0 radical (unpaired) electrons. The zero-order valence-electron chi connectivity index (χ0n) is 15.4. The molecule has 0 heterocycles. The summed E-state index contributed by atoms with van der Waals surface area (Å²) >= 11 is 0. The van der Waals surface area contributed by atoms with Crippen LogP contribution in [0.5, 0.6) is 0 Å². The van der Waals surface area contributed by atoms with E-state index in [1.165, 1.54) is 0 Å². The molecular weight excluding hydrogens is 473 g/mol. The molecule has 4 N–H and O–H groups in total. The number of carbonyl (C=O) groups is 6. The molecule has 0 fully saturated rings. The van der Waals surface area contributed by atoms with Crippen LogP contribution < -0.4 is 30.6 Å². The molecule has 31 heavy (non-hydrogen) atoms. The minimum Gasteiger partial charge on any atom is -0.550 e. The average molecular weight is 483 g/mol. The third-order valence-electron chi connectivity index (χ3n) is 2.89. The largest absolute Gasteiger partial charge is 2.00 e. The first-order valence-electron chi connectivity index (χ1n) is 6.48. The van der Waals surface area contributed by atoms with Gasteiger partial charge in [0.05, 0.1) is 23.9 Å². The Hall–Kier alpha value is -1.04. The Morgan fingerprint density at radius 3 is 0.871 bits per heavy atom. The topological polar surface area (TPSA) is 322 Å². The van der Waals surface area contributed by atoms with Crippen molar-refractivity contribution in [2.24, 2.45) is 0 Å². The van der Waals surface area contributed by atoms with E-state index in [1.807, 2.05) is 0 Å². The number of aliphatic hydroxyl groups is 4. The van der Waals surface area contributed by atoms with Gasteiger partial charge in [-0.1, -0.05) is 0 Å². The second-order valence-electron chi connectivity index (χ2n) is 4.96. The summed E-state index contributed by atoms with van der Waals surface area (Å²) < 4.78 is 0. The van der Waals surface area contributed by atoms with Gasteiger partial charge in [0, 0.05) is 24.8 Å². The summed E-state index contributed by atoms with van der Waals surface area (Å²) in [5.41, 5.74) is -6.92. The van der Waals surface area contributed by atoms with Crippen LogP contribution in [0.2, 0.25) is 0 Å². The molecule has 0 rings (SSSR count). The molecule has 0 aliphatic carbocycles. The smallest absolute Gasteiger partial charge is 0.550 e. The number of aliphatic hydroxyl groups excluding tert-OH is 2. The molecule has 16 nitrogen and oxygen atoms in total. The van der Waals surface area contributed by atoms with E-state index in [-0.39, 0.29) is 69.2 Å². The zero-order chi connectivity index (χ0) is 23.0. The molecule has 0 aliphatic heterocycles. The molecule has 0 aromatic rings. The summed E-state index contributed by atoms with van der Waals surface area (Å²) in [4.78, 5) is 60.3. The summed E-state index contributed by atoms with van der Waals surface area (Å²) in [5, 5.41) is 95.5. The Morgan fingerprint density at radius 2 is 0.774 bits per heavy atom. The van der Waals surface area contributed by atoms with Gasteiger partial charge in [0.15, 0.2) is 0 Å². The van der Waals surface area contributed by atoms with Crippen LogP contribution in [0.1, 0.15) is 12.8 Å². The maximum absolute atomic E-state index is 10.2. The fourth-order valence-electron chi connectivity index (χ4n) is 1.39. The Morgan fingerprint density at radius 1 is 0.581 bits per heavy atom. The molecule has 0 aliphatic rings. The number of rotatable bonds is 10. The molecule has 4 unspecified atom stereocenters. The van der Waals surface area contributed by atoms with Crippen LogP contribution in [0.4, 0.5) is 0 Å². The van der Waals surface area contributed by atoms with Gasteiger partial charge >= 0.3 is 69.2 Å². The zero-order valence-corrected chi connectivity index (χ0v) is 19.6. The van der Waals surface area contributed by atoms with Gasteiger partial charge in [-0.3, -0.25) is 0 Å². The summed E-state index contributed by atoms with van der Waals surface area (Å²) in [5.74, 6) is -13.7. The molecule has 0 bridgehead atoms. The van der Waals surface area contributed by atoms with Gasteiger partial charge in [0.2, 0.25) is 0 Å². The number of carboxylic acid groups (broad SMARTS) is 6. The van der Waals surface area contributed by atoms with Crippen LogP contribution in [0.25, 0.3) is 0 Å². The second kappa shape index (κ2) is 16.6. The van der Waals surface area contributed by atoms with Crippen LogP contribution in [0.3, 0.4) is 0 Å². The molecule has 4 atom stereocenters. The summed E-state index contributed by atoms with van der Waals surface area (Å²) in [6, 6.07) is 0. The number of carbonyl (C=O) groups excluding carboxylic acids is 6. The van der Waals surface area contributed by atoms with E-state index >= 15 is 0 Å². The SMILES string of the molecule is O=C([O-])CC(O)(C(=O)[O-])C(O)C(=O)[O-].O=C([O-])CC(O)(C(=O)[O-])C(O)C(=O)[O-].[Mg+2].[Mg+2].[Mg+2]. The van der Waals surface area contributed by atoms with Crippen molar-refractivity contribution in [1.82, 2.24) is 0 Å². The molecule has 0 spiro atoms. The molecule has 160 valence electrons.